The molecule has 1 aromatic carbocycles. The fraction of sp³-hybridized carbons (Fsp3) is 0.438. The van der Waals surface area contributed by atoms with E-state index in [9.17, 15) is 0 Å². The van der Waals surface area contributed by atoms with Gasteiger partial charge < -0.3 is 10.1 Å². The van der Waals surface area contributed by atoms with E-state index in [0.29, 0.717) is 12.6 Å². The summed E-state index contributed by atoms with van der Waals surface area (Å²) in [5.41, 5.74) is 2.52. The molecule has 1 aliphatic carbocycles. The number of hydrogen-bond donors (Lipinski definition) is 1. The fourth-order valence-corrected chi connectivity index (χ4v) is 2.21. The van der Waals surface area contributed by atoms with Crippen LogP contribution in [0.25, 0.3) is 0 Å². The van der Waals surface area contributed by atoms with E-state index in [1.807, 2.05) is 16.9 Å². The van der Waals surface area contributed by atoms with Crippen molar-refractivity contribution in [2.45, 2.75) is 38.9 Å². The van der Waals surface area contributed by atoms with Crippen LogP contribution in [0.15, 0.2) is 36.7 Å². The second-order valence-electron chi connectivity index (χ2n) is 5.38. The first-order valence-corrected chi connectivity index (χ1v) is 7.24. The van der Waals surface area contributed by atoms with Crippen LogP contribution in [-0.4, -0.2) is 22.4 Å². The molecule has 0 aliphatic heterocycles. The van der Waals surface area contributed by atoms with Crippen LogP contribution in [0.4, 0.5) is 0 Å². The van der Waals surface area contributed by atoms with Crippen LogP contribution in [0.5, 0.6) is 5.75 Å². The fourth-order valence-electron chi connectivity index (χ4n) is 2.21. The Bertz CT molecular complexity index is 547. The number of hydrogen-bond acceptors (Lipinski definition) is 3. The topological polar surface area (TPSA) is 39.1 Å². The highest BCUT2D eigenvalue weighted by Crippen LogP contribution is 2.23. The van der Waals surface area contributed by atoms with Gasteiger partial charge in [-0.2, -0.15) is 5.10 Å². The van der Waals surface area contributed by atoms with Crippen molar-refractivity contribution < 1.29 is 4.74 Å². The minimum atomic E-state index is 0.640. The Kier molecular flexibility index (Phi) is 4.02. The number of nitrogens with one attached hydrogen (secondary N) is 1. The lowest BCUT2D eigenvalue weighted by Gasteiger charge is -2.13. The highest BCUT2D eigenvalue weighted by molar-refractivity contribution is 5.37. The molecular weight excluding hydrogens is 250 g/mol. The number of rotatable bonds is 7. The molecule has 20 heavy (non-hydrogen) atoms. The van der Waals surface area contributed by atoms with Gasteiger partial charge in [0.05, 0.1) is 6.54 Å². The molecule has 3 rings (SSSR count). The van der Waals surface area contributed by atoms with E-state index in [-0.39, 0.29) is 0 Å². The molecule has 1 saturated carbocycles. The number of ether oxygens (including phenoxy) is 1. The van der Waals surface area contributed by atoms with Crippen LogP contribution in [-0.2, 0) is 13.1 Å². The summed E-state index contributed by atoms with van der Waals surface area (Å²) in [7, 11) is 0. The van der Waals surface area contributed by atoms with Crippen molar-refractivity contribution in [2.75, 3.05) is 6.61 Å². The predicted molar refractivity (Wildman–Crippen MR) is 78.8 cm³/mol. The molecule has 0 radical (unpaired) electrons. The van der Waals surface area contributed by atoms with Gasteiger partial charge in [-0.05, 0) is 31.9 Å². The lowest BCUT2D eigenvalue weighted by atomic mass is 10.1. The molecule has 1 aliphatic rings. The van der Waals surface area contributed by atoms with E-state index in [2.05, 4.69) is 35.5 Å². The number of aromatic nitrogens is 2. The van der Waals surface area contributed by atoms with Gasteiger partial charge >= 0.3 is 0 Å². The van der Waals surface area contributed by atoms with Crippen molar-refractivity contribution in [3.8, 4) is 5.75 Å². The molecule has 1 fully saturated rings. The molecular formula is C16H21N3O. The summed E-state index contributed by atoms with van der Waals surface area (Å²) in [5.74, 6) is 0.982. The van der Waals surface area contributed by atoms with Crippen LogP contribution in [0.2, 0.25) is 0 Å². The van der Waals surface area contributed by atoms with Gasteiger partial charge in [0.25, 0.3) is 0 Å². The van der Waals surface area contributed by atoms with Gasteiger partial charge in [0.15, 0.2) is 0 Å². The van der Waals surface area contributed by atoms with Gasteiger partial charge in [0.2, 0.25) is 0 Å². The van der Waals surface area contributed by atoms with Crippen molar-refractivity contribution in [3.05, 3.63) is 47.8 Å². The molecule has 0 unspecified atom stereocenters. The summed E-state index contributed by atoms with van der Waals surface area (Å²) in [6.45, 7) is 4.43. The largest absolute Gasteiger partial charge is 0.491 e. The van der Waals surface area contributed by atoms with E-state index < -0.39 is 0 Å². The predicted octanol–water partition coefficient (Wildman–Crippen LogP) is 2.52. The first-order chi connectivity index (χ1) is 9.81. The number of benzene rings is 1. The Labute approximate surface area is 119 Å². The summed E-state index contributed by atoms with van der Waals surface area (Å²) < 4.78 is 7.80. The minimum Gasteiger partial charge on any atom is -0.491 e. The van der Waals surface area contributed by atoms with E-state index in [1.54, 1.807) is 6.20 Å². The highest BCUT2D eigenvalue weighted by Gasteiger charge is 2.20. The third-order valence-electron chi connectivity index (χ3n) is 3.51. The van der Waals surface area contributed by atoms with Gasteiger partial charge in [-0.15, -0.1) is 0 Å². The van der Waals surface area contributed by atoms with Crippen molar-refractivity contribution in [1.82, 2.24) is 15.1 Å². The summed E-state index contributed by atoms with van der Waals surface area (Å²) in [4.78, 5) is 0. The smallest absolute Gasteiger partial charge is 0.123 e. The second-order valence-corrected chi connectivity index (χ2v) is 5.38. The Morgan fingerprint density at radius 1 is 1.40 bits per heavy atom. The van der Waals surface area contributed by atoms with Crippen LogP contribution in [0, 0.1) is 6.92 Å². The van der Waals surface area contributed by atoms with Crippen LogP contribution < -0.4 is 10.1 Å². The summed E-state index contributed by atoms with van der Waals surface area (Å²) in [6.07, 6.45) is 6.35. The van der Waals surface area contributed by atoms with Crippen molar-refractivity contribution in [1.29, 1.82) is 0 Å². The first kappa shape index (κ1) is 13.2. The maximum Gasteiger partial charge on any atom is 0.123 e. The van der Waals surface area contributed by atoms with E-state index in [4.69, 9.17) is 4.74 Å². The zero-order chi connectivity index (χ0) is 13.8. The lowest BCUT2D eigenvalue weighted by Crippen LogP contribution is -2.17. The Balaban J connectivity index is 1.58. The average molecular weight is 271 g/mol. The van der Waals surface area contributed by atoms with Gasteiger partial charge in [0.1, 0.15) is 12.4 Å². The molecule has 1 heterocycles. The lowest BCUT2D eigenvalue weighted by molar-refractivity contribution is 0.288. The van der Waals surface area contributed by atoms with Crippen LogP contribution in [0.3, 0.4) is 0 Å². The summed E-state index contributed by atoms with van der Waals surface area (Å²) >= 11 is 0. The molecule has 0 amide bonds. The quantitative estimate of drug-likeness (QED) is 0.841. The molecule has 4 nitrogen and oxygen atoms in total. The molecule has 2 aromatic rings. The van der Waals surface area contributed by atoms with E-state index in [0.717, 1.165) is 18.8 Å². The van der Waals surface area contributed by atoms with E-state index >= 15 is 0 Å². The standard InChI is InChI=1S/C16H21N3O/c1-13-3-6-16(14(11-13)12-17-15-4-5-15)20-10-9-19-8-2-7-18-19/h2-3,6-8,11,15,17H,4-5,9-10,12H2,1H3. The summed E-state index contributed by atoms with van der Waals surface area (Å²) in [6, 6.07) is 9.02. The maximum absolute atomic E-state index is 5.92. The zero-order valence-electron chi connectivity index (χ0n) is 11.9. The first-order valence-electron chi connectivity index (χ1n) is 7.24. The van der Waals surface area contributed by atoms with Crippen LogP contribution >= 0.6 is 0 Å². The maximum atomic E-state index is 5.92. The Morgan fingerprint density at radius 3 is 3.05 bits per heavy atom. The van der Waals surface area contributed by atoms with Crippen molar-refractivity contribution in [3.63, 3.8) is 0 Å². The Morgan fingerprint density at radius 2 is 2.30 bits per heavy atom. The third-order valence-corrected chi connectivity index (χ3v) is 3.51. The van der Waals surface area contributed by atoms with Crippen LogP contribution in [0.1, 0.15) is 24.0 Å². The Hall–Kier alpha value is -1.81. The SMILES string of the molecule is Cc1ccc(OCCn2cccn2)c(CNC2CC2)c1. The van der Waals surface area contributed by atoms with Crippen molar-refractivity contribution in [2.24, 2.45) is 0 Å². The normalized spacial score (nSPS) is 14.4. The molecule has 4 heteroatoms. The van der Waals surface area contributed by atoms with Gasteiger partial charge in [-0.3, -0.25) is 4.68 Å². The van der Waals surface area contributed by atoms with Gasteiger partial charge in [-0.25, -0.2) is 0 Å². The molecule has 1 aromatic heterocycles. The molecule has 0 bridgehead atoms. The highest BCUT2D eigenvalue weighted by atomic mass is 16.5. The van der Waals surface area contributed by atoms with Gasteiger partial charge in [0, 0.05) is 30.5 Å². The molecule has 0 spiro atoms. The van der Waals surface area contributed by atoms with Gasteiger partial charge in [-0.1, -0.05) is 17.7 Å². The number of aryl methyl sites for hydroxylation is 1. The number of nitrogens with zero attached hydrogens (tertiary/aromatic N) is 2. The van der Waals surface area contributed by atoms with Crippen molar-refractivity contribution >= 4 is 0 Å². The molecule has 0 saturated heterocycles. The second kappa shape index (κ2) is 6.09. The van der Waals surface area contributed by atoms with E-state index in [1.165, 1.54) is 24.0 Å². The zero-order valence-corrected chi connectivity index (χ0v) is 11.9. The molecule has 1 N–H and O–H groups in total. The molecule has 0 atom stereocenters. The minimum absolute atomic E-state index is 0.640. The average Bonchev–Trinajstić information content (AvgIpc) is 3.13. The monoisotopic (exact) mass is 271 g/mol. The summed E-state index contributed by atoms with van der Waals surface area (Å²) in [5, 5.41) is 7.72. The third kappa shape index (κ3) is 3.61. The molecule has 106 valence electrons.